The number of aromatic nitrogens is 3. The number of alkyl halides is 3. The van der Waals surface area contributed by atoms with Gasteiger partial charge in [-0.2, -0.15) is 23.0 Å². The first kappa shape index (κ1) is 23.3. The fraction of sp³-hybridized carbons (Fsp3) is 0.348. The van der Waals surface area contributed by atoms with Crippen molar-refractivity contribution in [1.82, 2.24) is 19.7 Å². The van der Waals surface area contributed by atoms with Gasteiger partial charge in [-0.3, -0.25) is 9.69 Å². The summed E-state index contributed by atoms with van der Waals surface area (Å²) in [5.74, 6) is -0.0478. The Balaban J connectivity index is 1.49. The van der Waals surface area contributed by atoms with Crippen molar-refractivity contribution in [3.8, 4) is 5.82 Å². The molecule has 3 aromatic rings. The molecule has 1 aliphatic heterocycles. The summed E-state index contributed by atoms with van der Waals surface area (Å²) in [6.45, 7) is 3.50. The van der Waals surface area contributed by atoms with Crippen LogP contribution in [0.3, 0.4) is 0 Å². The van der Waals surface area contributed by atoms with E-state index < -0.39 is 17.3 Å². The highest BCUT2D eigenvalue weighted by Gasteiger charge is 2.30. The van der Waals surface area contributed by atoms with Gasteiger partial charge in [0.25, 0.3) is 5.56 Å². The Morgan fingerprint density at radius 3 is 2.39 bits per heavy atom. The number of halogens is 4. The molecule has 1 fully saturated rings. The maximum atomic E-state index is 12.7. The number of pyridine rings is 1. The van der Waals surface area contributed by atoms with Gasteiger partial charge in [0.15, 0.2) is 5.82 Å². The highest BCUT2D eigenvalue weighted by molar-refractivity contribution is 6.32. The monoisotopic (exact) mass is 477 g/mol. The fourth-order valence-corrected chi connectivity index (χ4v) is 4.03. The number of likely N-dealkylation sites (tertiary alicyclic amines) is 1. The lowest BCUT2D eigenvalue weighted by Gasteiger charge is -2.27. The second-order valence-corrected chi connectivity index (χ2v) is 8.33. The zero-order chi connectivity index (χ0) is 23.4. The van der Waals surface area contributed by atoms with Gasteiger partial charge in [-0.05, 0) is 49.2 Å². The minimum absolute atomic E-state index is 0.0478. The number of nitrogens with zero attached hydrogens (tertiary/aromatic N) is 4. The molecule has 0 aliphatic carbocycles. The van der Waals surface area contributed by atoms with Crippen molar-refractivity contribution in [2.75, 3.05) is 18.4 Å². The lowest BCUT2D eigenvalue weighted by Crippen LogP contribution is -2.29. The van der Waals surface area contributed by atoms with Crippen LogP contribution in [0.5, 0.6) is 0 Å². The van der Waals surface area contributed by atoms with E-state index in [0.29, 0.717) is 18.4 Å². The number of rotatable bonds is 6. The first-order valence-corrected chi connectivity index (χ1v) is 11.0. The molecule has 0 saturated carbocycles. The number of hydrogen-bond donors (Lipinski definition) is 1. The van der Waals surface area contributed by atoms with Crippen LogP contribution in [0.2, 0.25) is 5.02 Å². The molecule has 1 saturated heterocycles. The molecule has 174 valence electrons. The Bertz CT molecular complexity index is 1160. The maximum absolute atomic E-state index is 12.7. The quantitative estimate of drug-likeness (QED) is 0.547. The minimum atomic E-state index is -4.51. The molecule has 3 heterocycles. The summed E-state index contributed by atoms with van der Waals surface area (Å²) >= 11 is 6.26. The molecule has 0 atom stereocenters. The number of benzene rings is 1. The summed E-state index contributed by atoms with van der Waals surface area (Å²) in [6.07, 6.45) is 1.22. The third kappa shape index (κ3) is 5.54. The highest BCUT2D eigenvalue weighted by atomic mass is 35.5. The van der Waals surface area contributed by atoms with Gasteiger partial charge in [0.2, 0.25) is 0 Å². The van der Waals surface area contributed by atoms with Crippen LogP contribution in [0.1, 0.15) is 36.0 Å². The van der Waals surface area contributed by atoms with E-state index in [4.69, 9.17) is 11.6 Å². The van der Waals surface area contributed by atoms with Crippen LogP contribution in [-0.4, -0.2) is 32.8 Å². The Kier molecular flexibility index (Phi) is 6.99. The van der Waals surface area contributed by atoms with E-state index in [0.717, 1.165) is 42.0 Å². The summed E-state index contributed by atoms with van der Waals surface area (Å²) < 4.78 is 39.1. The number of anilines is 1. The Hall–Kier alpha value is -2.91. The predicted molar refractivity (Wildman–Crippen MR) is 121 cm³/mol. The van der Waals surface area contributed by atoms with Crippen molar-refractivity contribution in [3.05, 3.63) is 80.9 Å². The summed E-state index contributed by atoms with van der Waals surface area (Å²) in [6, 6.07) is 10.0. The van der Waals surface area contributed by atoms with Crippen LogP contribution >= 0.6 is 11.6 Å². The van der Waals surface area contributed by atoms with E-state index in [-0.39, 0.29) is 10.8 Å². The molecular formula is C23H23ClF3N5O. The molecule has 1 aromatic carbocycles. The van der Waals surface area contributed by atoms with Gasteiger partial charge in [-0.1, -0.05) is 42.3 Å². The number of nitrogens with one attached hydrogen (secondary N) is 1. The van der Waals surface area contributed by atoms with Gasteiger partial charge in [0.1, 0.15) is 5.02 Å². The molecule has 0 unspecified atom stereocenters. The van der Waals surface area contributed by atoms with Crippen molar-refractivity contribution in [3.63, 3.8) is 0 Å². The van der Waals surface area contributed by atoms with E-state index in [9.17, 15) is 18.0 Å². The van der Waals surface area contributed by atoms with Crippen LogP contribution in [0.15, 0.2) is 53.6 Å². The average Bonchev–Trinajstić information content (AvgIpc) is 2.81. The minimum Gasteiger partial charge on any atom is -0.378 e. The van der Waals surface area contributed by atoms with Crippen molar-refractivity contribution in [2.45, 2.75) is 38.5 Å². The summed E-state index contributed by atoms with van der Waals surface area (Å²) in [7, 11) is 0. The van der Waals surface area contributed by atoms with Crippen molar-refractivity contribution in [2.24, 2.45) is 0 Å². The van der Waals surface area contributed by atoms with Crippen LogP contribution in [0, 0.1) is 0 Å². The zero-order valence-electron chi connectivity index (χ0n) is 17.8. The summed E-state index contributed by atoms with van der Waals surface area (Å²) in [5, 5.41) is 7.08. The Labute approximate surface area is 194 Å². The van der Waals surface area contributed by atoms with Crippen molar-refractivity contribution in [1.29, 1.82) is 0 Å². The molecule has 2 aromatic heterocycles. The molecule has 10 heteroatoms. The van der Waals surface area contributed by atoms with Gasteiger partial charge < -0.3 is 5.32 Å². The van der Waals surface area contributed by atoms with Crippen molar-refractivity contribution < 1.29 is 13.2 Å². The number of piperidine rings is 1. The molecule has 4 rings (SSSR count). The second-order valence-electron chi connectivity index (χ2n) is 7.95. The molecule has 0 spiro atoms. The summed E-state index contributed by atoms with van der Waals surface area (Å²) in [4.78, 5) is 18.8. The van der Waals surface area contributed by atoms with Gasteiger partial charge >= 0.3 is 6.18 Å². The van der Waals surface area contributed by atoms with Crippen molar-refractivity contribution >= 4 is 17.3 Å². The molecule has 1 N–H and O–H groups in total. The summed E-state index contributed by atoms with van der Waals surface area (Å²) in [5.41, 5.74) is 1.06. The largest absolute Gasteiger partial charge is 0.417 e. The number of hydrogen-bond acceptors (Lipinski definition) is 5. The first-order chi connectivity index (χ1) is 15.8. The molecule has 1 aliphatic rings. The van der Waals surface area contributed by atoms with Crippen LogP contribution < -0.4 is 10.9 Å². The lowest BCUT2D eigenvalue weighted by molar-refractivity contribution is -0.137. The third-order valence-corrected chi connectivity index (χ3v) is 6.01. The first-order valence-electron chi connectivity index (χ1n) is 10.7. The predicted octanol–water partition coefficient (Wildman–Crippen LogP) is 4.90. The van der Waals surface area contributed by atoms with E-state index in [1.165, 1.54) is 31.0 Å². The van der Waals surface area contributed by atoms with Gasteiger partial charge in [-0.15, -0.1) is 0 Å². The van der Waals surface area contributed by atoms with E-state index >= 15 is 0 Å². The van der Waals surface area contributed by atoms with Gasteiger partial charge in [0.05, 0.1) is 17.4 Å². The molecule has 0 radical (unpaired) electrons. The average molecular weight is 478 g/mol. The molecule has 0 amide bonds. The molecule has 6 nitrogen and oxygen atoms in total. The van der Waals surface area contributed by atoms with E-state index in [1.54, 1.807) is 0 Å². The molecule has 33 heavy (non-hydrogen) atoms. The second kappa shape index (κ2) is 9.93. The smallest absolute Gasteiger partial charge is 0.378 e. The van der Waals surface area contributed by atoms with E-state index in [1.807, 2.05) is 18.2 Å². The standard InChI is InChI=1S/C23H23ClF3N5O/c24-21-19(14-30-32(22(21)33)20-9-8-18(13-29-20)23(25,26)27)28-12-16-6-2-3-7-17(16)15-31-10-4-1-5-11-31/h2-3,6-9,13-14,28H,1,4-5,10-12,15H2. The molecular weight excluding hydrogens is 455 g/mol. The topological polar surface area (TPSA) is 63.1 Å². The Morgan fingerprint density at radius 1 is 1.00 bits per heavy atom. The highest BCUT2D eigenvalue weighted by Crippen LogP contribution is 2.28. The fourth-order valence-electron chi connectivity index (χ4n) is 3.83. The molecule has 0 bridgehead atoms. The van der Waals surface area contributed by atoms with Gasteiger partial charge in [0, 0.05) is 19.3 Å². The Morgan fingerprint density at radius 2 is 1.73 bits per heavy atom. The van der Waals surface area contributed by atoms with Crippen LogP contribution in [0.4, 0.5) is 18.9 Å². The SMILES string of the molecule is O=c1c(Cl)c(NCc2ccccc2CN2CCCCC2)cnn1-c1ccc(C(F)(F)F)cn1. The normalized spacial score (nSPS) is 14.9. The van der Waals surface area contributed by atoms with Crippen LogP contribution in [0.25, 0.3) is 5.82 Å². The lowest BCUT2D eigenvalue weighted by atomic mass is 10.0. The van der Waals surface area contributed by atoms with Gasteiger partial charge in [-0.25, -0.2) is 4.98 Å². The van der Waals surface area contributed by atoms with Crippen LogP contribution in [-0.2, 0) is 19.3 Å². The van der Waals surface area contributed by atoms with E-state index in [2.05, 4.69) is 26.4 Å². The third-order valence-electron chi connectivity index (χ3n) is 5.64. The zero-order valence-corrected chi connectivity index (χ0v) is 18.5. The maximum Gasteiger partial charge on any atom is 0.417 e.